The van der Waals surface area contributed by atoms with E-state index in [4.69, 9.17) is 27.6 Å². The first-order chi connectivity index (χ1) is 12.6. The summed E-state index contributed by atoms with van der Waals surface area (Å²) in [6, 6.07) is 14.2. The molecule has 2 aromatic carbocycles. The maximum Gasteiger partial charge on any atom is 0.134 e. The average molecular weight is 383 g/mol. The second-order valence-corrected chi connectivity index (χ2v) is 7.54. The molecule has 4 aromatic rings. The largest absolute Gasteiger partial charge is 0.466 e. The van der Waals surface area contributed by atoms with Gasteiger partial charge in [0.05, 0.1) is 12.0 Å². The monoisotopic (exact) mass is 382 g/mol. The zero-order valence-corrected chi connectivity index (χ0v) is 15.6. The molecule has 0 bridgehead atoms. The summed E-state index contributed by atoms with van der Waals surface area (Å²) in [4.78, 5) is 0. The molecule has 0 fully saturated rings. The summed E-state index contributed by atoms with van der Waals surface area (Å²) in [5.41, 5.74) is 4.34. The normalized spacial score (nSPS) is 16.3. The molecule has 1 atom stereocenters. The van der Waals surface area contributed by atoms with Crippen molar-refractivity contribution in [2.75, 3.05) is 0 Å². The molecule has 26 heavy (non-hydrogen) atoms. The van der Waals surface area contributed by atoms with Crippen molar-refractivity contribution >= 4 is 34.0 Å². The Balaban J connectivity index is 1.72. The van der Waals surface area contributed by atoms with Gasteiger partial charge in [0.1, 0.15) is 11.8 Å². The molecule has 1 aliphatic heterocycles. The number of hydrogen-bond donors (Lipinski definition) is 1. The minimum absolute atomic E-state index is 0.0773. The maximum atomic E-state index is 6.48. The van der Waals surface area contributed by atoms with Gasteiger partial charge in [0.2, 0.25) is 0 Å². The van der Waals surface area contributed by atoms with Gasteiger partial charge < -0.3 is 8.98 Å². The van der Waals surface area contributed by atoms with Crippen LogP contribution in [0.1, 0.15) is 28.6 Å². The molecule has 0 spiro atoms. The van der Waals surface area contributed by atoms with Crippen molar-refractivity contribution in [3.63, 3.8) is 0 Å². The predicted octanol–water partition coefficient (Wildman–Crippen LogP) is 6.03. The summed E-state index contributed by atoms with van der Waals surface area (Å²) in [5, 5.41) is 7.14. The lowest BCUT2D eigenvalue weighted by molar-refractivity contribution is 0.448. The molecule has 5 heteroatoms. The van der Waals surface area contributed by atoms with E-state index >= 15 is 0 Å². The molecule has 1 unspecified atom stereocenters. The molecule has 3 heterocycles. The highest BCUT2D eigenvalue weighted by Gasteiger charge is 2.28. The van der Waals surface area contributed by atoms with Crippen LogP contribution >= 0.6 is 23.2 Å². The molecule has 0 aliphatic carbocycles. The number of benzene rings is 2. The van der Waals surface area contributed by atoms with Crippen molar-refractivity contribution in [2.45, 2.75) is 19.5 Å². The van der Waals surface area contributed by atoms with Gasteiger partial charge >= 0.3 is 0 Å². The molecule has 2 aromatic heterocycles. The standard InChI is InChI=1S/C21H16Cl2N2O/c1-12-4-5-13-11-26-21(15(13)7-12)20-18-3-2-6-25(18)19-9-14(22)8-17(23)16(19)10-24-20/h2-9,11,20,24H,10H2,1H3. The summed E-state index contributed by atoms with van der Waals surface area (Å²) in [6.07, 6.45) is 3.86. The van der Waals surface area contributed by atoms with Gasteiger partial charge in [-0.3, -0.25) is 5.32 Å². The highest BCUT2D eigenvalue weighted by Crippen LogP contribution is 2.37. The third-order valence-electron chi connectivity index (χ3n) is 5.00. The lowest BCUT2D eigenvalue weighted by atomic mass is 10.0. The van der Waals surface area contributed by atoms with Crippen molar-refractivity contribution in [1.82, 2.24) is 9.88 Å². The first-order valence-corrected chi connectivity index (χ1v) is 9.24. The van der Waals surface area contributed by atoms with Gasteiger partial charge in [0.25, 0.3) is 0 Å². The van der Waals surface area contributed by atoms with Crippen LogP contribution in [-0.2, 0) is 6.54 Å². The maximum absolute atomic E-state index is 6.48. The van der Waals surface area contributed by atoms with E-state index < -0.39 is 0 Å². The Hall–Kier alpha value is -2.20. The Morgan fingerprint density at radius 2 is 2.04 bits per heavy atom. The molecular weight excluding hydrogens is 367 g/mol. The first kappa shape index (κ1) is 16.0. The van der Waals surface area contributed by atoms with Crippen LogP contribution < -0.4 is 5.32 Å². The van der Waals surface area contributed by atoms with E-state index in [1.165, 1.54) is 5.56 Å². The van der Waals surface area contributed by atoms with E-state index in [1.807, 2.05) is 24.6 Å². The SMILES string of the molecule is Cc1ccc2coc(C3NCc4c(Cl)cc(Cl)cc4-n4cccc43)c2c1. The second-order valence-electron chi connectivity index (χ2n) is 6.69. The Morgan fingerprint density at radius 3 is 2.92 bits per heavy atom. The van der Waals surface area contributed by atoms with Crippen molar-refractivity contribution in [3.8, 4) is 5.69 Å². The number of nitrogens with one attached hydrogen (secondary N) is 1. The Morgan fingerprint density at radius 1 is 1.15 bits per heavy atom. The Bertz CT molecular complexity index is 1140. The molecule has 0 amide bonds. The molecule has 1 N–H and O–H groups in total. The number of halogens is 2. The highest BCUT2D eigenvalue weighted by atomic mass is 35.5. The number of fused-ring (bicyclic) bond motifs is 4. The number of rotatable bonds is 1. The van der Waals surface area contributed by atoms with Crippen LogP contribution in [-0.4, -0.2) is 4.57 Å². The predicted molar refractivity (Wildman–Crippen MR) is 105 cm³/mol. The Kier molecular flexibility index (Phi) is 3.64. The third kappa shape index (κ3) is 2.39. The minimum atomic E-state index is -0.0773. The number of aromatic nitrogens is 1. The number of nitrogens with zero attached hydrogens (tertiary/aromatic N) is 1. The quantitative estimate of drug-likeness (QED) is 0.435. The zero-order valence-electron chi connectivity index (χ0n) is 14.1. The fourth-order valence-corrected chi connectivity index (χ4v) is 4.31. The molecule has 3 nitrogen and oxygen atoms in total. The molecular formula is C21H16Cl2N2O. The van der Waals surface area contributed by atoms with E-state index in [0.29, 0.717) is 16.6 Å². The summed E-state index contributed by atoms with van der Waals surface area (Å²) in [5.74, 6) is 0.915. The number of hydrogen-bond acceptors (Lipinski definition) is 2. The summed E-state index contributed by atoms with van der Waals surface area (Å²) >= 11 is 12.7. The Labute approximate surface area is 161 Å². The van der Waals surface area contributed by atoms with Crippen LogP contribution in [0, 0.1) is 6.92 Å². The average Bonchev–Trinajstić information content (AvgIpc) is 3.21. The molecule has 0 saturated carbocycles. The molecule has 130 valence electrons. The van der Waals surface area contributed by atoms with Crippen molar-refractivity contribution in [2.24, 2.45) is 0 Å². The van der Waals surface area contributed by atoms with Crippen LogP contribution in [0.25, 0.3) is 16.5 Å². The van der Waals surface area contributed by atoms with Crippen molar-refractivity contribution in [3.05, 3.63) is 87.6 Å². The van der Waals surface area contributed by atoms with Crippen molar-refractivity contribution in [1.29, 1.82) is 0 Å². The molecule has 0 radical (unpaired) electrons. The lowest BCUT2D eigenvalue weighted by Crippen LogP contribution is -2.21. The van der Waals surface area contributed by atoms with Crippen LogP contribution in [0.15, 0.2) is 59.3 Å². The topological polar surface area (TPSA) is 30.1 Å². The van der Waals surface area contributed by atoms with Gasteiger partial charge in [0.15, 0.2) is 0 Å². The third-order valence-corrected chi connectivity index (χ3v) is 5.56. The summed E-state index contributed by atoms with van der Waals surface area (Å²) in [7, 11) is 0. The minimum Gasteiger partial charge on any atom is -0.466 e. The van der Waals surface area contributed by atoms with E-state index in [9.17, 15) is 0 Å². The van der Waals surface area contributed by atoms with E-state index in [2.05, 4.69) is 41.1 Å². The van der Waals surface area contributed by atoms with Gasteiger partial charge in [-0.05, 0) is 37.3 Å². The van der Waals surface area contributed by atoms with Crippen LogP contribution in [0.3, 0.4) is 0 Å². The van der Waals surface area contributed by atoms with Gasteiger partial charge in [0, 0.05) is 44.8 Å². The second kappa shape index (κ2) is 5.92. The van der Waals surface area contributed by atoms with Crippen LogP contribution in [0.5, 0.6) is 0 Å². The fraction of sp³-hybridized carbons (Fsp3) is 0.143. The summed E-state index contributed by atoms with van der Waals surface area (Å²) < 4.78 is 8.15. The lowest BCUT2D eigenvalue weighted by Gasteiger charge is -2.16. The molecule has 5 rings (SSSR count). The van der Waals surface area contributed by atoms with E-state index in [1.54, 1.807) is 6.07 Å². The van der Waals surface area contributed by atoms with Gasteiger partial charge in [-0.1, -0.05) is 40.9 Å². The van der Waals surface area contributed by atoms with Gasteiger partial charge in [-0.15, -0.1) is 0 Å². The van der Waals surface area contributed by atoms with Crippen LogP contribution in [0.4, 0.5) is 0 Å². The number of aryl methyl sites for hydroxylation is 1. The molecule has 0 saturated heterocycles. The fourth-order valence-electron chi connectivity index (χ4n) is 3.76. The first-order valence-electron chi connectivity index (χ1n) is 8.48. The molecule has 1 aliphatic rings. The van der Waals surface area contributed by atoms with E-state index in [-0.39, 0.29) is 6.04 Å². The van der Waals surface area contributed by atoms with Gasteiger partial charge in [-0.2, -0.15) is 0 Å². The zero-order chi connectivity index (χ0) is 17.8. The summed E-state index contributed by atoms with van der Waals surface area (Å²) in [6.45, 7) is 2.72. The van der Waals surface area contributed by atoms with Crippen LogP contribution in [0.2, 0.25) is 10.0 Å². The smallest absolute Gasteiger partial charge is 0.134 e. The van der Waals surface area contributed by atoms with Gasteiger partial charge in [-0.25, -0.2) is 0 Å². The number of furan rings is 1. The van der Waals surface area contributed by atoms with E-state index in [0.717, 1.165) is 33.5 Å². The van der Waals surface area contributed by atoms with Crippen molar-refractivity contribution < 1.29 is 4.42 Å². The highest BCUT2D eigenvalue weighted by molar-refractivity contribution is 6.35.